The summed E-state index contributed by atoms with van der Waals surface area (Å²) in [6, 6.07) is 2.17. The molecule has 0 amide bonds. The van der Waals surface area contributed by atoms with E-state index in [2.05, 4.69) is 36.4 Å². The van der Waals surface area contributed by atoms with E-state index >= 15 is 0 Å². The molecular weight excluding hydrogens is 184 g/mol. The fourth-order valence-corrected chi connectivity index (χ4v) is 2.38. The molecule has 2 heteroatoms. The van der Waals surface area contributed by atoms with Gasteiger partial charge < -0.3 is 0 Å². The normalized spacial score (nSPS) is 13.2. The van der Waals surface area contributed by atoms with Gasteiger partial charge in [0, 0.05) is 5.25 Å². The largest absolute Gasteiger partial charge is 0.171 e. The van der Waals surface area contributed by atoms with Crippen LogP contribution >= 0.6 is 24.0 Å². The van der Waals surface area contributed by atoms with Gasteiger partial charge in [0.25, 0.3) is 0 Å². The number of unbranched alkanes of at least 4 members (excludes halogenated alkanes) is 2. The first-order valence-electron chi connectivity index (χ1n) is 4.54. The zero-order valence-electron chi connectivity index (χ0n) is 7.49. The highest BCUT2D eigenvalue weighted by molar-refractivity contribution is 7.80. The van der Waals surface area contributed by atoms with Gasteiger partial charge in [-0.25, -0.2) is 0 Å². The molecule has 0 saturated heterocycles. The van der Waals surface area contributed by atoms with Crippen LogP contribution in [0.25, 0.3) is 0 Å². The summed E-state index contributed by atoms with van der Waals surface area (Å²) in [7, 11) is 0. The van der Waals surface area contributed by atoms with Crippen molar-refractivity contribution in [2.24, 2.45) is 0 Å². The number of thiol groups is 1. The molecule has 0 aliphatic carbocycles. The highest BCUT2D eigenvalue weighted by Gasteiger charge is 2.05. The Morgan fingerprint density at radius 3 is 2.92 bits per heavy atom. The molecular formula is C10H16S2. The summed E-state index contributed by atoms with van der Waals surface area (Å²) in [5, 5.41) is 4.78. The maximum absolute atomic E-state index is 4.57. The summed E-state index contributed by atoms with van der Waals surface area (Å²) in [4.78, 5) is 0. The molecule has 0 aromatic carbocycles. The molecule has 0 spiro atoms. The number of hydrogen-bond donors (Lipinski definition) is 1. The van der Waals surface area contributed by atoms with Crippen molar-refractivity contribution in [1.29, 1.82) is 0 Å². The highest BCUT2D eigenvalue weighted by atomic mass is 32.1. The first-order valence-corrected chi connectivity index (χ1v) is 6.00. The van der Waals surface area contributed by atoms with E-state index in [-0.39, 0.29) is 0 Å². The minimum absolute atomic E-state index is 0.461. The first kappa shape index (κ1) is 10.1. The summed E-state index contributed by atoms with van der Waals surface area (Å²) in [5.74, 6) is 0. The monoisotopic (exact) mass is 200 g/mol. The Hall–Kier alpha value is 0.0500. The third-order valence-corrected chi connectivity index (χ3v) is 3.27. The standard InChI is InChI=1S/C10H16S2/c1-2-3-4-5-10(11)9-6-7-12-8-9/h6-8,10-11H,2-5H2,1H3. The molecule has 0 saturated carbocycles. The second kappa shape index (κ2) is 5.65. The van der Waals surface area contributed by atoms with E-state index in [1.165, 1.54) is 31.2 Å². The fraction of sp³-hybridized carbons (Fsp3) is 0.600. The molecule has 1 aromatic rings. The molecule has 1 rings (SSSR count). The maximum Gasteiger partial charge on any atom is 0.0275 e. The first-order chi connectivity index (χ1) is 5.84. The molecule has 0 N–H and O–H groups in total. The molecule has 0 fully saturated rings. The number of rotatable bonds is 5. The van der Waals surface area contributed by atoms with Gasteiger partial charge in [-0.3, -0.25) is 0 Å². The van der Waals surface area contributed by atoms with Gasteiger partial charge in [-0.05, 0) is 28.8 Å². The summed E-state index contributed by atoms with van der Waals surface area (Å²) in [6.45, 7) is 2.23. The van der Waals surface area contributed by atoms with Gasteiger partial charge in [0.15, 0.2) is 0 Å². The average Bonchev–Trinajstić information content (AvgIpc) is 2.56. The second-order valence-corrected chi connectivity index (χ2v) is 4.47. The molecule has 0 radical (unpaired) electrons. The fourth-order valence-electron chi connectivity index (χ4n) is 1.22. The molecule has 0 aliphatic rings. The lowest BCUT2D eigenvalue weighted by Crippen LogP contribution is -1.87. The van der Waals surface area contributed by atoms with Gasteiger partial charge >= 0.3 is 0 Å². The van der Waals surface area contributed by atoms with Crippen molar-refractivity contribution >= 4 is 24.0 Å². The van der Waals surface area contributed by atoms with Gasteiger partial charge in [-0.1, -0.05) is 26.2 Å². The number of thiophene rings is 1. The van der Waals surface area contributed by atoms with Crippen molar-refractivity contribution in [3.63, 3.8) is 0 Å². The zero-order valence-corrected chi connectivity index (χ0v) is 9.20. The van der Waals surface area contributed by atoms with Crippen molar-refractivity contribution in [1.82, 2.24) is 0 Å². The zero-order chi connectivity index (χ0) is 8.81. The third-order valence-electron chi connectivity index (χ3n) is 2.01. The van der Waals surface area contributed by atoms with E-state index in [1.54, 1.807) is 11.3 Å². The van der Waals surface area contributed by atoms with Crippen LogP contribution in [0.15, 0.2) is 16.8 Å². The van der Waals surface area contributed by atoms with Crippen molar-refractivity contribution in [3.8, 4) is 0 Å². The second-order valence-electron chi connectivity index (χ2n) is 3.07. The summed E-state index contributed by atoms with van der Waals surface area (Å²) >= 11 is 6.32. The SMILES string of the molecule is CCCCCC(S)c1ccsc1. The van der Waals surface area contributed by atoms with Crippen LogP contribution in [0.1, 0.15) is 43.4 Å². The molecule has 1 heterocycles. The van der Waals surface area contributed by atoms with E-state index in [4.69, 9.17) is 0 Å². The van der Waals surface area contributed by atoms with E-state index in [0.717, 1.165) is 0 Å². The minimum Gasteiger partial charge on any atom is -0.171 e. The lowest BCUT2D eigenvalue weighted by Gasteiger charge is -2.07. The van der Waals surface area contributed by atoms with E-state index in [0.29, 0.717) is 5.25 Å². The predicted octanol–water partition coefficient (Wildman–Crippen LogP) is 4.30. The summed E-state index contributed by atoms with van der Waals surface area (Å²) in [6.07, 6.45) is 5.15. The minimum atomic E-state index is 0.461. The van der Waals surface area contributed by atoms with Crippen LogP contribution in [0.3, 0.4) is 0 Å². The Morgan fingerprint density at radius 2 is 2.33 bits per heavy atom. The van der Waals surface area contributed by atoms with E-state index < -0.39 is 0 Å². The van der Waals surface area contributed by atoms with Crippen LogP contribution in [0.5, 0.6) is 0 Å². The van der Waals surface area contributed by atoms with Gasteiger partial charge in [0.2, 0.25) is 0 Å². The van der Waals surface area contributed by atoms with Crippen LogP contribution in [0.2, 0.25) is 0 Å². The molecule has 0 bridgehead atoms. The van der Waals surface area contributed by atoms with Gasteiger partial charge in [-0.15, -0.1) is 0 Å². The topological polar surface area (TPSA) is 0 Å². The van der Waals surface area contributed by atoms with Gasteiger partial charge in [0.05, 0.1) is 0 Å². The molecule has 1 aromatic heterocycles. The maximum atomic E-state index is 4.57. The van der Waals surface area contributed by atoms with Crippen molar-refractivity contribution in [3.05, 3.63) is 22.4 Å². The van der Waals surface area contributed by atoms with Crippen LogP contribution < -0.4 is 0 Å². The summed E-state index contributed by atoms with van der Waals surface area (Å²) in [5.41, 5.74) is 1.39. The average molecular weight is 200 g/mol. The summed E-state index contributed by atoms with van der Waals surface area (Å²) < 4.78 is 0. The molecule has 12 heavy (non-hydrogen) atoms. The molecule has 1 unspecified atom stereocenters. The quantitative estimate of drug-likeness (QED) is 0.532. The molecule has 1 atom stereocenters. The van der Waals surface area contributed by atoms with E-state index in [9.17, 15) is 0 Å². The van der Waals surface area contributed by atoms with Crippen molar-refractivity contribution < 1.29 is 0 Å². The smallest absolute Gasteiger partial charge is 0.0275 e. The third kappa shape index (κ3) is 3.20. The van der Waals surface area contributed by atoms with Crippen molar-refractivity contribution in [2.75, 3.05) is 0 Å². The van der Waals surface area contributed by atoms with Gasteiger partial charge in [0.1, 0.15) is 0 Å². The molecule has 0 aliphatic heterocycles. The van der Waals surface area contributed by atoms with Crippen LogP contribution in [-0.4, -0.2) is 0 Å². The Morgan fingerprint density at radius 1 is 1.50 bits per heavy atom. The lowest BCUT2D eigenvalue weighted by molar-refractivity contribution is 0.662. The molecule has 0 nitrogen and oxygen atoms in total. The van der Waals surface area contributed by atoms with Gasteiger partial charge in [-0.2, -0.15) is 24.0 Å². The molecule has 68 valence electrons. The Bertz CT molecular complexity index is 192. The van der Waals surface area contributed by atoms with Crippen LogP contribution in [0.4, 0.5) is 0 Å². The Balaban J connectivity index is 2.25. The van der Waals surface area contributed by atoms with Crippen molar-refractivity contribution in [2.45, 2.75) is 37.9 Å². The number of hydrogen-bond acceptors (Lipinski definition) is 2. The van der Waals surface area contributed by atoms with Crippen LogP contribution in [0, 0.1) is 0 Å². The predicted molar refractivity (Wildman–Crippen MR) is 60.2 cm³/mol. The van der Waals surface area contributed by atoms with Crippen LogP contribution in [-0.2, 0) is 0 Å². The Labute approximate surface area is 84.4 Å². The lowest BCUT2D eigenvalue weighted by atomic mass is 10.1. The van der Waals surface area contributed by atoms with E-state index in [1.807, 2.05) is 0 Å². The highest BCUT2D eigenvalue weighted by Crippen LogP contribution is 2.27. The Kier molecular flexibility index (Phi) is 4.77.